The lowest BCUT2D eigenvalue weighted by molar-refractivity contribution is -0.129. The number of rotatable bonds is 3. The summed E-state index contributed by atoms with van der Waals surface area (Å²) in [5.74, 6) is 0.293. The summed E-state index contributed by atoms with van der Waals surface area (Å²) in [7, 11) is 0. The van der Waals surface area contributed by atoms with Gasteiger partial charge in [0, 0.05) is 11.8 Å². The lowest BCUT2D eigenvalue weighted by atomic mass is 9.87. The molecule has 0 N–H and O–H groups in total. The molecule has 0 bridgehead atoms. The first-order valence-electron chi connectivity index (χ1n) is 6.70. The van der Waals surface area contributed by atoms with E-state index in [2.05, 4.69) is 12.1 Å². The quantitative estimate of drug-likeness (QED) is 0.808. The van der Waals surface area contributed by atoms with Gasteiger partial charge in [-0.25, -0.2) is 0 Å². The zero-order chi connectivity index (χ0) is 13.2. The van der Waals surface area contributed by atoms with Crippen LogP contribution in [0.15, 0.2) is 30.3 Å². The summed E-state index contributed by atoms with van der Waals surface area (Å²) in [5.41, 5.74) is 0.969. The van der Waals surface area contributed by atoms with E-state index in [1.54, 1.807) is 0 Å². The summed E-state index contributed by atoms with van der Waals surface area (Å²) in [6.07, 6.45) is 2.83. The second-order valence-electron chi connectivity index (χ2n) is 6.11. The second kappa shape index (κ2) is 5.23. The highest BCUT2D eigenvalue weighted by Gasteiger charge is 2.31. The van der Waals surface area contributed by atoms with Gasteiger partial charge in [0.1, 0.15) is 5.78 Å². The fourth-order valence-electron chi connectivity index (χ4n) is 2.28. The molecule has 1 aromatic carbocycles. The van der Waals surface area contributed by atoms with Crippen LogP contribution < -0.4 is 0 Å². The van der Waals surface area contributed by atoms with Gasteiger partial charge in [0.15, 0.2) is 0 Å². The Morgan fingerprint density at radius 2 is 1.89 bits per heavy atom. The molecule has 1 fully saturated rings. The number of benzene rings is 1. The van der Waals surface area contributed by atoms with Crippen LogP contribution in [0.4, 0.5) is 0 Å². The highest BCUT2D eigenvalue weighted by Crippen LogP contribution is 2.35. The average molecular weight is 246 g/mol. The Kier molecular flexibility index (Phi) is 3.86. The summed E-state index contributed by atoms with van der Waals surface area (Å²) >= 11 is 0. The Labute approximate surface area is 109 Å². The SMILES string of the molecule is CC(C)(C)C(=O)CC1CCC(c2ccccc2)O1. The third-order valence-corrected chi connectivity index (χ3v) is 3.53. The number of hydrogen-bond donors (Lipinski definition) is 0. The molecule has 0 spiro atoms. The molecule has 0 amide bonds. The van der Waals surface area contributed by atoms with Crippen LogP contribution in [0.1, 0.15) is 51.7 Å². The van der Waals surface area contributed by atoms with E-state index in [4.69, 9.17) is 4.74 Å². The first-order valence-corrected chi connectivity index (χ1v) is 6.70. The number of carbonyl (C=O) groups excluding carboxylic acids is 1. The average Bonchev–Trinajstić information content (AvgIpc) is 2.77. The van der Waals surface area contributed by atoms with Crippen molar-refractivity contribution in [3.8, 4) is 0 Å². The van der Waals surface area contributed by atoms with E-state index in [9.17, 15) is 4.79 Å². The van der Waals surface area contributed by atoms with Gasteiger partial charge in [-0.05, 0) is 18.4 Å². The van der Waals surface area contributed by atoms with Crippen LogP contribution >= 0.6 is 0 Å². The van der Waals surface area contributed by atoms with Crippen LogP contribution in [0.25, 0.3) is 0 Å². The highest BCUT2D eigenvalue weighted by atomic mass is 16.5. The zero-order valence-electron chi connectivity index (χ0n) is 11.5. The van der Waals surface area contributed by atoms with E-state index >= 15 is 0 Å². The Hall–Kier alpha value is -1.15. The molecule has 1 heterocycles. The van der Waals surface area contributed by atoms with Gasteiger partial charge in [-0.2, -0.15) is 0 Å². The third-order valence-electron chi connectivity index (χ3n) is 3.53. The van der Waals surface area contributed by atoms with Crippen molar-refractivity contribution in [1.82, 2.24) is 0 Å². The number of Topliss-reactive ketones (excluding diaryl/α,β-unsaturated/α-hetero) is 1. The molecule has 1 aliphatic heterocycles. The summed E-state index contributed by atoms with van der Waals surface area (Å²) < 4.78 is 5.99. The molecule has 18 heavy (non-hydrogen) atoms. The van der Waals surface area contributed by atoms with Crippen molar-refractivity contribution in [2.75, 3.05) is 0 Å². The molecule has 1 aliphatic rings. The van der Waals surface area contributed by atoms with Gasteiger partial charge in [0.2, 0.25) is 0 Å². The molecule has 2 atom stereocenters. The predicted molar refractivity (Wildman–Crippen MR) is 72.4 cm³/mol. The van der Waals surface area contributed by atoms with E-state index in [0.29, 0.717) is 12.2 Å². The first-order chi connectivity index (χ1) is 8.47. The minimum Gasteiger partial charge on any atom is -0.370 e. The molecule has 0 radical (unpaired) electrons. The third kappa shape index (κ3) is 3.20. The van der Waals surface area contributed by atoms with Gasteiger partial charge in [-0.1, -0.05) is 51.1 Å². The maximum absolute atomic E-state index is 12.0. The minimum absolute atomic E-state index is 0.0990. The van der Waals surface area contributed by atoms with Crippen molar-refractivity contribution in [1.29, 1.82) is 0 Å². The number of ketones is 1. The fourth-order valence-corrected chi connectivity index (χ4v) is 2.28. The Bertz CT molecular complexity index is 403. The summed E-state index contributed by atoms with van der Waals surface area (Å²) in [5, 5.41) is 0. The summed E-state index contributed by atoms with van der Waals surface area (Å²) in [6, 6.07) is 10.3. The van der Waals surface area contributed by atoms with Crippen molar-refractivity contribution >= 4 is 5.78 Å². The number of hydrogen-bond acceptors (Lipinski definition) is 2. The van der Waals surface area contributed by atoms with E-state index in [1.807, 2.05) is 39.0 Å². The largest absolute Gasteiger partial charge is 0.370 e. The van der Waals surface area contributed by atoms with E-state index in [0.717, 1.165) is 12.8 Å². The molecule has 2 heteroatoms. The van der Waals surface area contributed by atoms with Crippen molar-refractivity contribution in [3.05, 3.63) is 35.9 Å². The van der Waals surface area contributed by atoms with E-state index < -0.39 is 0 Å². The summed E-state index contributed by atoms with van der Waals surface area (Å²) in [4.78, 5) is 12.0. The van der Waals surface area contributed by atoms with Crippen molar-refractivity contribution in [2.45, 2.75) is 52.2 Å². The van der Waals surface area contributed by atoms with Crippen molar-refractivity contribution in [3.63, 3.8) is 0 Å². The number of ether oxygens (including phenoxy) is 1. The van der Waals surface area contributed by atoms with Gasteiger partial charge in [-0.3, -0.25) is 4.79 Å². The molecule has 0 saturated carbocycles. The van der Waals surface area contributed by atoms with Gasteiger partial charge in [0.25, 0.3) is 0 Å². The molecule has 1 aromatic rings. The maximum atomic E-state index is 12.0. The van der Waals surface area contributed by atoms with Crippen LogP contribution in [0.5, 0.6) is 0 Å². The number of carbonyl (C=O) groups is 1. The van der Waals surface area contributed by atoms with E-state index in [-0.39, 0.29) is 17.6 Å². The predicted octanol–water partition coefficient (Wildman–Crippen LogP) is 3.91. The lowest BCUT2D eigenvalue weighted by Crippen LogP contribution is -2.24. The second-order valence-corrected chi connectivity index (χ2v) is 6.11. The molecule has 98 valence electrons. The molecular formula is C16H22O2. The van der Waals surface area contributed by atoms with E-state index in [1.165, 1.54) is 5.56 Å². The van der Waals surface area contributed by atoms with Gasteiger partial charge in [0.05, 0.1) is 12.2 Å². The monoisotopic (exact) mass is 246 g/mol. The smallest absolute Gasteiger partial charge is 0.140 e. The Morgan fingerprint density at radius 1 is 1.22 bits per heavy atom. The highest BCUT2D eigenvalue weighted by molar-refractivity contribution is 5.84. The van der Waals surface area contributed by atoms with Crippen LogP contribution in [0, 0.1) is 5.41 Å². The van der Waals surface area contributed by atoms with Crippen LogP contribution in [-0.2, 0) is 9.53 Å². The van der Waals surface area contributed by atoms with Crippen LogP contribution in [0.3, 0.4) is 0 Å². The van der Waals surface area contributed by atoms with Crippen molar-refractivity contribution < 1.29 is 9.53 Å². The lowest BCUT2D eigenvalue weighted by Gasteiger charge is -2.20. The fraction of sp³-hybridized carbons (Fsp3) is 0.562. The molecule has 1 saturated heterocycles. The molecule has 2 nitrogen and oxygen atoms in total. The minimum atomic E-state index is -0.256. The van der Waals surface area contributed by atoms with Gasteiger partial charge < -0.3 is 4.74 Å². The Balaban J connectivity index is 1.92. The zero-order valence-corrected chi connectivity index (χ0v) is 11.5. The van der Waals surface area contributed by atoms with Crippen LogP contribution in [0.2, 0.25) is 0 Å². The maximum Gasteiger partial charge on any atom is 0.140 e. The molecular weight excluding hydrogens is 224 g/mol. The van der Waals surface area contributed by atoms with Gasteiger partial charge >= 0.3 is 0 Å². The van der Waals surface area contributed by atoms with Gasteiger partial charge in [-0.15, -0.1) is 0 Å². The topological polar surface area (TPSA) is 26.3 Å². The van der Waals surface area contributed by atoms with Crippen LogP contribution in [-0.4, -0.2) is 11.9 Å². The normalized spacial score (nSPS) is 24.2. The summed E-state index contributed by atoms with van der Waals surface area (Å²) in [6.45, 7) is 5.91. The Morgan fingerprint density at radius 3 is 2.50 bits per heavy atom. The first kappa shape index (κ1) is 13.3. The van der Waals surface area contributed by atoms with Crippen molar-refractivity contribution in [2.24, 2.45) is 5.41 Å². The molecule has 2 unspecified atom stereocenters. The standard InChI is InChI=1S/C16H22O2/c1-16(2,3)15(17)11-13-9-10-14(18-13)12-7-5-4-6-8-12/h4-8,13-14H,9-11H2,1-3H3. The molecule has 2 rings (SSSR count). The molecule has 0 aliphatic carbocycles. The molecule has 0 aromatic heterocycles.